The highest BCUT2D eigenvalue weighted by molar-refractivity contribution is 6.30. The Kier molecular flexibility index (Phi) is 4.77. The second-order valence-corrected chi connectivity index (χ2v) is 5.02. The molecule has 0 aliphatic rings. The molecule has 0 radical (unpaired) electrons. The molecule has 0 spiro atoms. The van der Waals surface area contributed by atoms with E-state index in [2.05, 4.69) is 12.1 Å². The predicted molar refractivity (Wildman–Crippen MR) is 79.1 cm³/mol. The zero-order valence-electron chi connectivity index (χ0n) is 10.8. The average molecular weight is 281 g/mol. The maximum atomic E-state index is 9.19. The van der Waals surface area contributed by atoms with Crippen LogP contribution in [0.2, 0.25) is 5.02 Å². The van der Waals surface area contributed by atoms with Gasteiger partial charge in [0.15, 0.2) is 0 Å². The normalized spacial score (nSPS) is 11.6. The largest absolute Gasteiger partial charge is 0.197 e. The number of rotatable bonds is 4. The number of hydrogen-bond acceptors (Lipinski definition) is 2. The predicted octanol–water partition coefficient (Wildman–Crippen LogP) is 4.33. The first-order chi connectivity index (χ1) is 9.74. The lowest BCUT2D eigenvalue weighted by Crippen LogP contribution is -2.12. The Bertz CT molecular complexity index is 621. The molecule has 3 heteroatoms. The third-order valence-electron chi connectivity index (χ3n) is 3.28. The quantitative estimate of drug-likeness (QED) is 0.837. The fourth-order valence-corrected chi connectivity index (χ4v) is 2.34. The molecule has 2 aromatic carbocycles. The molecule has 20 heavy (non-hydrogen) atoms. The van der Waals surface area contributed by atoms with Gasteiger partial charge in [0.05, 0.1) is 12.1 Å². The minimum atomic E-state index is -0.670. The van der Waals surface area contributed by atoms with Crippen LogP contribution >= 0.6 is 11.6 Å². The van der Waals surface area contributed by atoms with Crippen molar-refractivity contribution >= 4 is 11.6 Å². The van der Waals surface area contributed by atoms with Crippen molar-refractivity contribution < 1.29 is 0 Å². The lowest BCUT2D eigenvalue weighted by atomic mass is 9.83. The van der Waals surface area contributed by atoms with Crippen LogP contribution in [0.15, 0.2) is 54.6 Å². The minimum absolute atomic E-state index is 0.148. The molecule has 0 fully saturated rings. The van der Waals surface area contributed by atoms with E-state index in [0.29, 0.717) is 11.4 Å². The molecular formula is C17H13ClN2. The van der Waals surface area contributed by atoms with Gasteiger partial charge in [-0.25, -0.2) is 0 Å². The van der Waals surface area contributed by atoms with Crippen LogP contribution < -0.4 is 0 Å². The molecule has 0 aliphatic carbocycles. The standard InChI is InChI=1S/C17H13ClN2/c18-16-8-6-14(7-9-16)17(15(11-19)12-20)10-13-4-2-1-3-5-13/h1-9,15,17H,10H2. The number of hydrogen-bond donors (Lipinski definition) is 0. The maximum absolute atomic E-state index is 9.19. The Hall–Kier alpha value is -2.29. The van der Waals surface area contributed by atoms with Gasteiger partial charge in [0, 0.05) is 10.9 Å². The lowest BCUT2D eigenvalue weighted by molar-refractivity contribution is 0.608. The van der Waals surface area contributed by atoms with Crippen molar-refractivity contribution in [3.05, 3.63) is 70.7 Å². The van der Waals surface area contributed by atoms with Gasteiger partial charge in [-0.1, -0.05) is 54.1 Å². The molecule has 0 saturated heterocycles. The molecule has 0 saturated carbocycles. The SMILES string of the molecule is N#CC(C#N)C(Cc1ccccc1)c1ccc(Cl)cc1. The van der Waals surface area contributed by atoms with Crippen LogP contribution in [0.3, 0.4) is 0 Å². The Morgan fingerprint density at radius 1 is 0.900 bits per heavy atom. The van der Waals surface area contributed by atoms with Gasteiger partial charge in [0.2, 0.25) is 0 Å². The van der Waals surface area contributed by atoms with Gasteiger partial charge in [-0.2, -0.15) is 10.5 Å². The van der Waals surface area contributed by atoms with Crippen LogP contribution in [0, 0.1) is 28.6 Å². The Labute approximate surface area is 123 Å². The van der Waals surface area contributed by atoms with Gasteiger partial charge in [-0.15, -0.1) is 0 Å². The van der Waals surface area contributed by atoms with E-state index in [0.717, 1.165) is 11.1 Å². The number of nitriles is 2. The summed E-state index contributed by atoms with van der Waals surface area (Å²) in [5.41, 5.74) is 2.08. The highest BCUT2D eigenvalue weighted by Crippen LogP contribution is 2.29. The fourth-order valence-electron chi connectivity index (χ4n) is 2.21. The third-order valence-corrected chi connectivity index (χ3v) is 3.53. The summed E-state index contributed by atoms with van der Waals surface area (Å²) in [6.07, 6.45) is 0.661. The molecule has 1 unspecified atom stereocenters. The van der Waals surface area contributed by atoms with Crippen molar-refractivity contribution in [1.82, 2.24) is 0 Å². The van der Waals surface area contributed by atoms with Gasteiger partial charge >= 0.3 is 0 Å². The Morgan fingerprint density at radius 3 is 2.05 bits per heavy atom. The summed E-state index contributed by atoms with van der Waals surface area (Å²) in [6, 6.07) is 21.4. The van der Waals surface area contributed by atoms with Crippen molar-refractivity contribution in [3.8, 4) is 12.1 Å². The van der Waals surface area contributed by atoms with Crippen molar-refractivity contribution in [1.29, 1.82) is 10.5 Å². The first-order valence-corrected chi connectivity index (χ1v) is 6.71. The van der Waals surface area contributed by atoms with Crippen LogP contribution in [-0.4, -0.2) is 0 Å². The first-order valence-electron chi connectivity index (χ1n) is 6.33. The van der Waals surface area contributed by atoms with Crippen molar-refractivity contribution in [2.75, 3.05) is 0 Å². The van der Waals surface area contributed by atoms with E-state index in [9.17, 15) is 10.5 Å². The molecule has 0 bridgehead atoms. The maximum Gasteiger partial charge on any atom is 0.140 e. The number of benzene rings is 2. The molecule has 98 valence electrons. The van der Waals surface area contributed by atoms with E-state index in [4.69, 9.17) is 11.6 Å². The minimum Gasteiger partial charge on any atom is -0.197 e. The van der Waals surface area contributed by atoms with E-state index in [1.807, 2.05) is 42.5 Å². The second-order valence-electron chi connectivity index (χ2n) is 4.58. The summed E-state index contributed by atoms with van der Waals surface area (Å²) >= 11 is 5.89. The molecule has 0 N–H and O–H groups in total. The molecule has 2 rings (SSSR count). The summed E-state index contributed by atoms with van der Waals surface area (Å²) in [5.74, 6) is -0.818. The third kappa shape index (κ3) is 3.38. The van der Waals surface area contributed by atoms with Crippen LogP contribution in [-0.2, 0) is 6.42 Å². The van der Waals surface area contributed by atoms with E-state index >= 15 is 0 Å². The monoisotopic (exact) mass is 280 g/mol. The van der Waals surface area contributed by atoms with Crippen LogP contribution in [0.25, 0.3) is 0 Å². The van der Waals surface area contributed by atoms with Crippen molar-refractivity contribution in [3.63, 3.8) is 0 Å². The first kappa shape index (κ1) is 14.1. The molecule has 0 amide bonds. The number of halogens is 1. The summed E-state index contributed by atoms with van der Waals surface area (Å²) in [5, 5.41) is 19.0. The van der Waals surface area contributed by atoms with Crippen LogP contribution in [0.1, 0.15) is 17.0 Å². The second kappa shape index (κ2) is 6.75. The summed E-state index contributed by atoms with van der Waals surface area (Å²) in [6.45, 7) is 0. The summed E-state index contributed by atoms with van der Waals surface area (Å²) in [4.78, 5) is 0. The summed E-state index contributed by atoms with van der Waals surface area (Å²) in [7, 11) is 0. The molecule has 0 aromatic heterocycles. The molecule has 2 nitrogen and oxygen atoms in total. The van der Waals surface area contributed by atoms with Gasteiger partial charge in [0.25, 0.3) is 0 Å². The molecule has 0 heterocycles. The zero-order valence-corrected chi connectivity index (χ0v) is 11.6. The van der Waals surface area contributed by atoms with E-state index in [1.165, 1.54) is 0 Å². The highest BCUT2D eigenvalue weighted by atomic mass is 35.5. The zero-order chi connectivity index (χ0) is 14.4. The molecule has 2 aromatic rings. The average Bonchev–Trinajstić information content (AvgIpc) is 2.49. The van der Waals surface area contributed by atoms with Gasteiger partial charge in [-0.3, -0.25) is 0 Å². The van der Waals surface area contributed by atoms with E-state index < -0.39 is 5.92 Å². The van der Waals surface area contributed by atoms with Crippen LogP contribution in [0.4, 0.5) is 0 Å². The summed E-state index contributed by atoms with van der Waals surface area (Å²) < 4.78 is 0. The Morgan fingerprint density at radius 2 is 1.50 bits per heavy atom. The van der Waals surface area contributed by atoms with Crippen molar-refractivity contribution in [2.45, 2.75) is 12.3 Å². The van der Waals surface area contributed by atoms with Crippen molar-refractivity contribution in [2.24, 2.45) is 5.92 Å². The number of nitrogens with zero attached hydrogens (tertiary/aromatic N) is 2. The van der Waals surface area contributed by atoms with E-state index in [-0.39, 0.29) is 5.92 Å². The lowest BCUT2D eigenvalue weighted by Gasteiger charge is -2.18. The fraction of sp³-hybridized carbons (Fsp3) is 0.176. The topological polar surface area (TPSA) is 47.6 Å². The van der Waals surface area contributed by atoms with Crippen LogP contribution in [0.5, 0.6) is 0 Å². The smallest absolute Gasteiger partial charge is 0.140 e. The molecule has 0 aliphatic heterocycles. The van der Waals surface area contributed by atoms with Gasteiger partial charge in [-0.05, 0) is 29.7 Å². The van der Waals surface area contributed by atoms with Gasteiger partial charge in [0.1, 0.15) is 5.92 Å². The van der Waals surface area contributed by atoms with Gasteiger partial charge < -0.3 is 0 Å². The molecular weight excluding hydrogens is 268 g/mol. The Balaban J connectivity index is 2.33. The molecule has 1 atom stereocenters. The van der Waals surface area contributed by atoms with E-state index in [1.54, 1.807) is 12.1 Å². The highest BCUT2D eigenvalue weighted by Gasteiger charge is 2.23.